The fraction of sp³-hybridized carbons (Fsp3) is 0.417. The van der Waals surface area contributed by atoms with Crippen LogP contribution in [-0.2, 0) is 22.9 Å². The highest BCUT2D eigenvalue weighted by atomic mass is 32.2. The van der Waals surface area contributed by atoms with Crippen molar-refractivity contribution in [2.24, 2.45) is 0 Å². The molecule has 0 bridgehead atoms. The number of hydrogen-bond acceptors (Lipinski definition) is 3. The molecule has 1 aliphatic carbocycles. The van der Waals surface area contributed by atoms with E-state index in [1.807, 2.05) is 18.2 Å². The third-order valence-corrected chi connectivity index (χ3v) is 4.15. The van der Waals surface area contributed by atoms with E-state index >= 15 is 0 Å². The molecule has 1 aromatic rings. The van der Waals surface area contributed by atoms with Gasteiger partial charge in [-0.2, -0.15) is 5.26 Å². The summed E-state index contributed by atoms with van der Waals surface area (Å²) in [5.41, 5.74) is 2.49. The number of nitrogens with one attached hydrogen (secondary N) is 1. The Morgan fingerprint density at radius 2 is 2.06 bits per heavy atom. The van der Waals surface area contributed by atoms with Crippen molar-refractivity contribution in [2.45, 2.75) is 25.3 Å². The van der Waals surface area contributed by atoms with E-state index in [0.717, 1.165) is 12.8 Å². The molecule has 5 heteroatoms. The van der Waals surface area contributed by atoms with Gasteiger partial charge >= 0.3 is 0 Å². The molecular formula is C12H14N2O2S. The summed E-state index contributed by atoms with van der Waals surface area (Å²) in [5, 5.41) is 8.42. The molecule has 1 aromatic carbocycles. The summed E-state index contributed by atoms with van der Waals surface area (Å²) in [4.78, 5) is 0. The lowest BCUT2D eigenvalue weighted by Gasteiger charge is -2.24. The molecule has 90 valence electrons. The number of aryl methyl sites for hydroxylation is 1. The van der Waals surface area contributed by atoms with Crippen molar-refractivity contribution in [3.8, 4) is 6.07 Å². The second-order valence-corrected chi connectivity index (χ2v) is 6.00. The lowest BCUT2D eigenvalue weighted by Crippen LogP contribution is -2.39. The number of fused-ring (bicyclic) bond motifs is 1. The lowest BCUT2D eigenvalue weighted by atomic mass is 9.89. The van der Waals surface area contributed by atoms with Crippen molar-refractivity contribution < 1.29 is 8.42 Å². The molecule has 0 fully saturated rings. The Kier molecular flexibility index (Phi) is 3.46. The molecule has 0 saturated carbocycles. The van der Waals surface area contributed by atoms with Gasteiger partial charge in [0.1, 0.15) is 0 Å². The van der Waals surface area contributed by atoms with Crippen LogP contribution in [0.1, 0.15) is 17.5 Å². The predicted octanol–water partition coefficient (Wildman–Crippen LogP) is 0.987. The molecule has 1 aliphatic rings. The molecular weight excluding hydrogens is 236 g/mol. The molecule has 0 heterocycles. The van der Waals surface area contributed by atoms with E-state index < -0.39 is 15.8 Å². The molecule has 0 spiro atoms. The van der Waals surface area contributed by atoms with E-state index in [4.69, 9.17) is 5.26 Å². The van der Waals surface area contributed by atoms with Crippen LogP contribution in [0.4, 0.5) is 0 Å². The van der Waals surface area contributed by atoms with Crippen LogP contribution in [0.5, 0.6) is 0 Å². The number of sulfonamides is 1. The Morgan fingerprint density at radius 3 is 2.76 bits per heavy atom. The van der Waals surface area contributed by atoms with Crippen molar-refractivity contribution in [1.82, 2.24) is 4.72 Å². The van der Waals surface area contributed by atoms with Gasteiger partial charge in [0.05, 0.1) is 6.07 Å². The second kappa shape index (κ2) is 4.86. The average molecular weight is 250 g/mol. The van der Waals surface area contributed by atoms with Crippen LogP contribution in [0.2, 0.25) is 0 Å². The highest BCUT2D eigenvalue weighted by molar-refractivity contribution is 7.89. The summed E-state index contributed by atoms with van der Waals surface area (Å²) >= 11 is 0. The lowest BCUT2D eigenvalue weighted by molar-refractivity contribution is 0.509. The standard InChI is InChI=1S/C12H14N2O2S/c13-7-8-17(15,16)14-12-6-5-10-3-1-2-4-11(10)9-12/h1-4,12,14H,5-6,8-9H2. The molecule has 4 nitrogen and oxygen atoms in total. The molecule has 0 aliphatic heterocycles. The maximum absolute atomic E-state index is 11.5. The second-order valence-electron chi connectivity index (χ2n) is 4.24. The quantitative estimate of drug-likeness (QED) is 0.869. The van der Waals surface area contributed by atoms with Crippen LogP contribution in [0.25, 0.3) is 0 Å². The molecule has 0 aromatic heterocycles. The summed E-state index contributed by atoms with van der Waals surface area (Å²) in [7, 11) is -3.44. The van der Waals surface area contributed by atoms with E-state index in [0.29, 0.717) is 6.42 Å². The van der Waals surface area contributed by atoms with Gasteiger partial charge in [-0.15, -0.1) is 0 Å². The van der Waals surface area contributed by atoms with Crippen LogP contribution in [-0.4, -0.2) is 20.2 Å². The Labute approximate surface area is 101 Å². The van der Waals surface area contributed by atoms with Gasteiger partial charge in [0.2, 0.25) is 10.0 Å². The Morgan fingerprint density at radius 1 is 1.35 bits per heavy atom. The maximum atomic E-state index is 11.5. The van der Waals surface area contributed by atoms with Crippen molar-refractivity contribution >= 4 is 10.0 Å². The molecule has 1 unspecified atom stereocenters. The summed E-state index contributed by atoms with van der Waals surface area (Å²) in [6.45, 7) is 0. The molecule has 2 rings (SSSR count). The van der Waals surface area contributed by atoms with E-state index in [2.05, 4.69) is 10.8 Å². The molecule has 17 heavy (non-hydrogen) atoms. The van der Waals surface area contributed by atoms with Crippen LogP contribution in [0.15, 0.2) is 24.3 Å². The predicted molar refractivity (Wildman–Crippen MR) is 64.8 cm³/mol. The summed E-state index contributed by atoms with van der Waals surface area (Å²) in [5.74, 6) is -0.467. The first-order chi connectivity index (χ1) is 8.11. The van der Waals surface area contributed by atoms with E-state index in [-0.39, 0.29) is 6.04 Å². The first-order valence-corrected chi connectivity index (χ1v) is 7.20. The third-order valence-electron chi connectivity index (χ3n) is 2.95. The average Bonchev–Trinajstić information content (AvgIpc) is 2.28. The number of hydrogen-bond donors (Lipinski definition) is 1. The molecule has 1 N–H and O–H groups in total. The zero-order chi connectivity index (χ0) is 12.3. The van der Waals surface area contributed by atoms with E-state index in [9.17, 15) is 8.42 Å². The van der Waals surface area contributed by atoms with Gasteiger partial charge in [-0.1, -0.05) is 24.3 Å². The van der Waals surface area contributed by atoms with Gasteiger partial charge in [0, 0.05) is 6.04 Å². The Bertz CT molecular complexity index is 546. The van der Waals surface area contributed by atoms with Crippen LogP contribution in [0.3, 0.4) is 0 Å². The van der Waals surface area contributed by atoms with Crippen molar-refractivity contribution in [3.63, 3.8) is 0 Å². The smallest absolute Gasteiger partial charge is 0.211 e. The normalized spacial score (nSPS) is 19.4. The van der Waals surface area contributed by atoms with Crippen molar-refractivity contribution in [3.05, 3.63) is 35.4 Å². The number of nitrogens with zero attached hydrogens (tertiary/aromatic N) is 1. The van der Waals surface area contributed by atoms with Gasteiger partial charge in [0.25, 0.3) is 0 Å². The van der Waals surface area contributed by atoms with Gasteiger partial charge in [-0.25, -0.2) is 13.1 Å². The van der Waals surface area contributed by atoms with Gasteiger partial charge in [0.15, 0.2) is 5.75 Å². The van der Waals surface area contributed by atoms with Crippen LogP contribution >= 0.6 is 0 Å². The maximum Gasteiger partial charge on any atom is 0.225 e. The first kappa shape index (κ1) is 12.1. The van der Waals surface area contributed by atoms with Crippen molar-refractivity contribution in [2.75, 3.05) is 5.75 Å². The minimum absolute atomic E-state index is 0.0803. The Balaban J connectivity index is 2.07. The fourth-order valence-electron chi connectivity index (χ4n) is 2.18. The molecule has 1 atom stereocenters. The van der Waals surface area contributed by atoms with Gasteiger partial charge in [-0.05, 0) is 30.4 Å². The van der Waals surface area contributed by atoms with Crippen molar-refractivity contribution in [1.29, 1.82) is 5.26 Å². The number of nitriles is 1. The number of benzene rings is 1. The summed E-state index contributed by atoms with van der Waals surface area (Å²) in [6.07, 6.45) is 2.39. The molecule has 0 radical (unpaired) electrons. The van der Waals surface area contributed by atoms with Gasteiger partial charge in [-0.3, -0.25) is 0 Å². The van der Waals surface area contributed by atoms with Crippen LogP contribution in [0, 0.1) is 11.3 Å². The SMILES string of the molecule is N#CCS(=O)(=O)NC1CCc2ccccc2C1. The monoisotopic (exact) mass is 250 g/mol. The Hall–Kier alpha value is -1.38. The largest absolute Gasteiger partial charge is 0.225 e. The third kappa shape index (κ3) is 3.05. The molecule has 0 amide bonds. The zero-order valence-corrected chi connectivity index (χ0v) is 10.2. The highest BCUT2D eigenvalue weighted by Crippen LogP contribution is 2.21. The van der Waals surface area contributed by atoms with E-state index in [1.54, 1.807) is 6.07 Å². The topological polar surface area (TPSA) is 70.0 Å². The molecule has 0 saturated heterocycles. The fourth-order valence-corrected chi connectivity index (χ4v) is 3.14. The van der Waals surface area contributed by atoms with Gasteiger partial charge < -0.3 is 0 Å². The zero-order valence-electron chi connectivity index (χ0n) is 9.39. The minimum atomic E-state index is -3.44. The minimum Gasteiger partial charge on any atom is -0.211 e. The number of rotatable bonds is 3. The first-order valence-electron chi connectivity index (χ1n) is 5.54. The highest BCUT2D eigenvalue weighted by Gasteiger charge is 2.22. The van der Waals surface area contributed by atoms with Crippen LogP contribution < -0.4 is 4.72 Å². The summed E-state index contributed by atoms with van der Waals surface area (Å²) < 4.78 is 25.5. The summed E-state index contributed by atoms with van der Waals surface area (Å²) in [6, 6.07) is 9.65. The van der Waals surface area contributed by atoms with E-state index in [1.165, 1.54) is 11.1 Å².